The molecule has 1 aliphatic rings. The van der Waals surface area contributed by atoms with Crippen molar-refractivity contribution in [2.45, 2.75) is 32.6 Å². The van der Waals surface area contributed by atoms with Gasteiger partial charge in [0.05, 0.1) is 18.1 Å². The van der Waals surface area contributed by atoms with E-state index in [0.29, 0.717) is 28.3 Å². The molecule has 0 aromatic heterocycles. The number of benzene rings is 1. The van der Waals surface area contributed by atoms with E-state index in [4.69, 9.17) is 26.8 Å². The van der Waals surface area contributed by atoms with E-state index in [1.54, 1.807) is 31.2 Å². The van der Waals surface area contributed by atoms with Gasteiger partial charge in [0.15, 0.2) is 0 Å². The number of nitrogens with two attached hydrogens (primary N) is 1. The zero-order chi connectivity index (χ0) is 17.7. The van der Waals surface area contributed by atoms with Gasteiger partial charge in [-0.3, -0.25) is 0 Å². The number of nitrogens with zero attached hydrogens (tertiary/aromatic N) is 1. The average molecular weight is 347 g/mol. The first kappa shape index (κ1) is 17.9. The Hall–Kier alpha value is -2.45. The molecule has 1 aliphatic heterocycles. The van der Waals surface area contributed by atoms with Gasteiger partial charge in [-0.25, -0.2) is 4.79 Å². The number of carbonyl (C=O) groups is 1. The number of ether oxygens (including phenoxy) is 2. The maximum absolute atomic E-state index is 12.6. The van der Waals surface area contributed by atoms with Crippen LogP contribution in [0.5, 0.6) is 0 Å². The number of allylic oxidation sites excluding steroid dienone is 2. The zero-order valence-corrected chi connectivity index (χ0v) is 14.4. The van der Waals surface area contributed by atoms with Gasteiger partial charge in [0.1, 0.15) is 17.4 Å². The van der Waals surface area contributed by atoms with E-state index in [-0.39, 0.29) is 18.1 Å². The SMILES string of the molecule is CCCC1=C(C(=O)OCC)C(c2cccc(Cl)c2)C(C#N)=C(N)O1. The van der Waals surface area contributed by atoms with Gasteiger partial charge in [0.25, 0.3) is 0 Å². The molecule has 0 saturated carbocycles. The van der Waals surface area contributed by atoms with Crippen molar-refractivity contribution in [1.82, 2.24) is 0 Å². The van der Waals surface area contributed by atoms with Gasteiger partial charge in [-0.05, 0) is 31.0 Å². The van der Waals surface area contributed by atoms with Crippen molar-refractivity contribution in [3.63, 3.8) is 0 Å². The highest BCUT2D eigenvalue weighted by atomic mass is 35.5. The van der Waals surface area contributed by atoms with Crippen LogP contribution in [0.25, 0.3) is 0 Å². The minimum Gasteiger partial charge on any atom is -0.463 e. The number of halogens is 1. The minimum atomic E-state index is -0.650. The predicted octanol–water partition coefficient (Wildman–Crippen LogP) is 3.76. The molecule has 0 spiro atoms. The molecule has 1 unspecified atom stereocenters. The third-order valence-electron chi connectivity index (χ3n) is 3.65. The molecule has 126 valence electrons. The summed E-state index contributed by atoms with van der Waals surface area (Å²) in [5.41, 5.74) is 7.12. The van der Waals surface area contributed by atoms with Crippen molar-refractivity contribution >= 4 is 17.6 Å². The number of carbonyl (C=O) groups excluding carboxylic acids is 1. The number of rotatable bonds is 5. The molecule has 5 nitrogen and oxygen atoms in total. The Morgan fingerprint density at radius 1 is 1.46 bits per heavy atom. The smallest absolute Gasteiger partial charge is 0.338 e. The highest BCUT2D eigenvalue weighted by molar-refractivity contribution is 6.30. The molecule has 0 amide bonds. The van der Waals surface area contributed by atoms with Crippen molar-refractivity contribution < 1.29 is 14.3 Å². The van der Waals surface area contributed by atoms with Crippen molar-refractivity contribution in [3.8, 4) is 6.07 Å². The molecule has 1 aromatic carbocycles. The van der Waals surface area contributed by atoms with Crippen LogP contribution in [0.1, 0.15) is 38.2 Å². The normalized spacial score (nSPS) is 17.3. The molecule has 0 radical (unpaired) electrons. The Kier molecular flexibility index (Phi) is 5.88. The maximum Gasteiger partial charge on any atom is 0.338 e. The van der Waals surface area contributed by atoms with Crippen LogP contribution in [0.4, 0.5) is 0 Å². The van der Waals surface area contributed by atoms with Crippen LogP contribution in [-0.4, -0.2) is 12.6 Å². The van der Waals surface area contributed by atoms with E-state index in [1.807, 2.05) is 6.92 Å². The van der Waals surface area contributed by atoms with Crippen LogP contribution >= 0.6 is 11.6 Å². The minimum absolute atomic E-state index is 0.0129. The lowest BCUT2D eigenvalue weighted by molar-refractivity contribution is -0.139. The molecule has 0 fully saturated rings. The topological polar surface area (TPSA) is 85.3 Å². The van der Waals surface area contributed by atoms with Crippen LogP contribution in [0, 0.1) is 11.3 Å². The highest BCUT2D eigenvalue weighted by Crippen LogP contribution is 2.41. The standard InChI is InChI=1S/C18H19ClN2O3/c1-3-6-14-16(18(22)23-4-2)15(13(10-20)17(21)24-14)11-7-5-8-12(19)9-11/h5,7-9,15H,3-4,6,21H2,1-2H3. The first-order chi connectivity index (χ1) is 11.5. The molecular weight excluding hydrogens is 328 g/mol. The lowest BCUT2D eigenvalue weighted by Gasteiger charge is -2.28. The Bertz CT molecular complexity index is 747. The van der Waals surface area contributed by atoms with E-state index in [0.717, 1.165) is 6.42 Å². The van der Waals surface area contributed by atoms with E-state index in [2.05, 4.69) is 6.07 Å². The summed E-state index contributed by atoms with van der Waals surface area (Å²) in [6.45, 7) is 3.92. The maximum atomic E-state index is 12.6. The number of hydrogen-bond donors (Lipinski definition) is 1. The molecule has 24 heavy (non-hydrogen) atoms. The first-order valence-corrected chi connectivity index (χ1v) is 8.14. The summed E-state index contributed by atoms with van der Waals surface area (Å²) < 4.78 is 10.8. The molecule has 1 atom stereocenters. The lowest BCUT2D eigenvalue weighted by Crippen LogP contribution is -2.26. The molecule has 6 heteroatoms. The van der Waals surface area contributed by atoms with Gasteiger partial charge in [-0.1, -0.05) is 30.7 Å². The Balaban J connectivity index is 2.66. The second-order valence-corrected chi connectivity index (χ2v) is 5.72. The first-order valence-electron chi connectivity index (χ1n) is 7.76. The predicted molar refractivity (Wildman–Crippen MR) is 90.7 cm³/mol. The third kappa shape index (κ3) is 3.55. The molecular formula is C18H19ClN2O3. The van der Waals surface area contributed by atoms with Gasteiger partial charge in [0.2, 0.25) is 5.88 Å². The Morgan fingerprint density at radius 2 is 2.21 bits per heavy atom. The average Bonchev–Trinajstić information content (AvgIpc) is 2.54. The van der Waals surface area contributed by atoms with Crippen LogP contribution in [0.15, 0.2) is 47.1 Å². The highest BCUT2D eigenvalue weighted by Gasteiger charge is 2.37. The summed E-state index contributed by atoms with van der Waals surface area (Å²) >= 11 is 6.08. The summed E-state index contributed by atoms with van der Waals surface area (Å²) in [6.07, 6.45) is 1.28. The van der Waals surface area contributed by atoms with Gasteiger partial charge in [-0.15, -0.1) is 0 Å². The molecule has 2 N–H and O–H groups in total. The molecule has 1 aromatic rings. The largest absolute Gasteiger partial charge is 0.463 e. The fraction of sp³-hybridized carbons (Fsp3) is 0.333. The molecule has 0 saturated heterocycles. The van der Waals surface area contributed by atoms with Crippen molar-refractivity contribution in [3.05, 3.63) is 57.6 Å². The van der Waals surface area contributed by atoms with Crippen LogP contribution in [0.3, 0.4) is 0 Å². The molecule has 0 bridgehead atoms. The van der Waals surface area contributed by atoms with Gasteiger partial charge >= 0.3 is 5.97 Å². The van der Waals surface area contributed by atoms with Crippen molar-refractivity contribution in [1.29, 1.82) is 5.26 Å². The second kappa shape index (κ2) is 7.89. The summed E-state index contributed by atoms with van der Waals surface area (Å²) in [5.74, 6) is -0.703. The summed E-state index contributed by atoms with van der Waals surface area (Å²) in [5, 5.41) is 10.0. The van der Waals surface area contributed by atoms with Gasteiger partial charge in [0, 0.05) is 11.4 Å². The van der Waals surface area contributed by atoms with Crippen molar-refractivity contribution in [2.75, 3.05) is 6.61 Å². The quantitative estimate of drug-likeness (QED) is 0.820. The van der Waals surface area contributed by atoms with E-state index in [9.17, 15) is 10.1 Å². The second-order valence-electron chi connectivity index (χ2n) is 5.29. The molecule has 1 heterocycles. The van der Waals surface area contributed by atoms with Crippen LogP contribution in [-0.2, 0) is 14.3 Å². The van der Waals surface area contributed by atoms with Crippen molar-refractivity contribution in [2.24, 2.45) is 5.73 Å². The number of hydrogen-bond acceptors (Lipinski definition) is 5. The lowest BCUT2D eigenvalue weighted by atomic mass is 9.82. The van der Waals surface area contributed by atoms with E-state index >= 15 is 0 Å². The fourth-order valence-corrected chi connectivity index (χ4v) is 2.88. The number of esters is 1. The zero-order valence-electron chi connectivity index (χ0n) is 13.6. The Morgan fingerprint density at radius 3 is 2.79 bits per heavy atom. The summed E-state index contributed by atoms with van der Waals surface area (Å²) in [7, 11) is 0. The molecule has 0 aliphatic carbocycles. The third-order valence-corrected chi connectivity index (χ3v) is 3.89. The summed E-state index contributed by atoms with van der Waals surface area (Å²) in [6, 6.07) is 9.06. The summed E-state index contributed by atoms with van der Waals surface area (Å²) in [4.78, 5) is 12.6. The number of nitriles is 1. The van der Waals surface area contributed by atoms with E-state index < -0.39 is 11.9 Å². The molecule has 2 rings (SSSR count). The van der Waals surface area contributed by atoms with E-state index in [1.165, 1.54) is 0 Å². The van der Waals surface area contributed by atoms with Crippen LogP contribution in [0.2, 0.25) is 5.02 Å². The van der Waals surface area contributed by atoms with Gasteiger partial charge < -0.3 is 15.2 Å². The van der Waals surface area contributed by atoms with Crippen LogP contribution < -0.4 is 5.73 Å². The monoisotopic (exact) mass is 346 g/mol. The van der Waals surface area contributed by atoms with Gasteiger partial charge in [-0.2, -0.15) is 5.26 Å². The Labute approximate surface area is 146 Å². The fourth-order valence-electron chi connectivity index (χ4n) is 2.68.